The normalized spacial score (nSPS) is 10.9. The monoisotopic (exact) mass is 304 g/mol. The lowest BCUT2D eigenvalue weighted by atomic mass is 10.4. The maximum Gasteiger partial charge on any atom is 0.244 e. The first-order chi connectivity index (χ1) is 7.76. The fraction of sp³-hybridized carbons (Fsp3) is 0.444. The number of hydrogen-bond donors (Lipinski definition) is 0. The second-order valence-corrected chi connectivity index (χ2v) is 4.29. The predicted octanol–water partition coefficient (Wildman–Crippen LogP) is 2.27. The van der Waals surface area contributed by atoms with E-state index in [0.717, 1.165) is 23.8 Å². The summed E-state index contributed by atoms with van der Waals surface area (Å²) in [7, 11) is 1.56. The van der Waals surface area contributed by atoms with Crippen LogP contribution in [-0.4, -0.2) is 32.0 Å². The molecule has 86 valence electrons. The third kappa shape index (κ3) is 2.12. The van der Waals surface area contributed by atoms with E-state index in [4.69, 9.17) is 16.3 Å². The van der Waals surface area contributed by atoms with Crippen LogP contribution in [0.5, 0.6) is 5.88 Å². The molecule has 2 aromatic heterocycles. The summed E-state index contributed by atoms with van der Waals surface area (Å²) in [6.45, 7) is 0.836. The van der Waals surface area contributed by atoms with Gasteiger partial charge in [0.25, 0.3) is 0 Å². The SMILES string of the molecule is COc1nc(Cl)nc2ncn(CCCBr)c12. The minimum atomic E-state index is 0.148. The molecule has 0 aliphatic heterocycles. The van der Waals surface area contributed by atoms with Gasteiger partial charge in [-0.15, -0.1) is 0 Å². The van der Waals surface area contributed by atoms with E-state index in [2.05, 4.69) is 30.9 Å². The average Bonchev–Trinajstić information content (AvgIpc) is 2.68. The largest absolute Gasteiger partial charge is 0.479 e. The van der Waals surface area contributed by atoms with E-state index in [-0.39, 0.29) is 5.28 Å². The molecule has 0 saturated carbocycles. The number of aromatic nitrogens is 4. The van der Waals surface area contributed by atoms with Gasteiger partial charge in [0.2, 0.25) is 11.2 Å². The zero-order chi connectivity index (χ0) is 11.5. The van der Waals surface area contributed by atoms with Crippen molar-refractivity contribution in [2.45, 2.75) is 13.0 Å². The van der Waals surface area contributed by atoms with Crippen LogP contribution in [0.2, 0.25) is 5.28 Å². The van der Waals surface area contributed by atoms with Gasteiger partial charge in [0, 0.05) is 11.9 Å². The van der Waals surface area contributed by atoms with Crippen LogP contribution in [0, 0.1) is 0 Å². The summed E-state index contributed by atoms with van der Waals surface area (Å²) in [5.74, 6) is 0.460. The molecule has 0 aliphatic carbocycles. The highest BCUT2D eigenvalue weighted by Crippen LogP contribution is 2.23. The van der Waals surface area contributed by atoms with Crippen LogP contribution in [0.3, 0.4) is 0 Å². The highest BCUT2D eigenvalue weighted by atomic mass is 79.9. The van der Waals surface area contributed by atoms with E-state index in [9.17, 15) is 0 Å². The Morgan fingerprint density at radius 3 is 3.00 bits per heavy atom. The maximum absolute atomic E-state index is 5.76. The van der Waals surface area contributed by atoms with Gasteiger partial charge in [-0.1, -0.05) is 15.9 Å². The van der Waals surface area contributed by atoms with E-state index in [1.165, 1.54) is 0 Å². The molecule has 0 aliphatic rings. The summed E-state index contributed by atoms with van der Waals surface area (Å²) in [6.07, 6.45) is 2.72. The first-order valence-electron chi connectivity index (χ1n) is 4.74. The lowest BCUT2D eigenvalue weighted by Gasteiger charge is -2.05. The third-order valence-electron chi connectivity index (χ3n) is 2.14. The molecule has 0 spiro atoms. The van der Waals surface area contributed by atoms with Gasteiger partial charge in [-0.2, -0.15) is 9.97 Å². The Morgan fingerprint density at radius 1 is 1.50 bits per heavy atom. The van der Waals surface area contributed by atoms with Crippen molar-refractivity contribution in [3.05, 3.63) is 11.6 Å². The average molecular weight is 306 g/mol. The van der Waals surface area contributed by atoms with Gasteiger partial charge in [-0.05, 0) is 18.0 Å². The lowest BCUT2D eigenvalue weighted by Crippen LogP contribution is -2.00. The molecule has 7 heteroatoms. The quantitative estimate of drug-likeness (QED) is 0.642. The molecule has 0 bridgehead atoms. The van der Waals surface area contributed by atoms with Crippen molar-refractivity contribution < 1.29 is 4.74 Å². The zero-order valence-corrected chi connectivity index (χ0v) is 11.0. The zero-order valence-electron chi connectivity index (χ0n) is 8.65. The van der Waals surface area contributed by atoms with E-state index in [1.54, 1.807) is 13.4 Å². The Hall–Kier alpha value is -0.880. The topological polar surface area (TPSA) is 52.8 Å². The molecule has 0 fully saturated rings. The molecule has 16 heavy (non-hydrogen) atoms. The number of hydrogen-bond acceptors (Lipinski definition) is 4. The van der Waals surface area contributed by atoms with Crippen LogP contribution in [0.15, 0.2) is 6.33 Å². The lowest BCUT2D eigenvalue weighted by molar-refractivity contribution is 0.400. The second-order valence-electron chi connectivity index (χ2n) is 3.15. The van der Waals surface area contributed by atoms with Gasteiger partial charge in [0.1, 0.15) is 0 Å². The number of aryl methyl sites for hydroxylation is 1. The number of fused-ring (bicyclic) bond motifs is 1. The van der Waals surface area contributed by atoms with Crippen LogP contribution in [-0.2, 0) is 6.54 Å². The van der Waals surface area contributed by atoms with Crippen LogP contribution >= 0.6 is 27.5 Å². The van der Waals surface area contributed by atoms with Gasteiger partial charge in [0.15, 0.2) is 11.2 Å². The number of imidazole rings is 1. The molecule has 2 heterocycles. The molecule has 0 saturated heterocycles. The van der Waals surface area contributed by atoms with Crippen LogP contribution < -0.4 is 4.74 Å². The molecular formula is C9H10BrClN4O. The van der Waals surface area contributed by atoms with Gasteiger partial charge in [-0.25, -0.2) is 4.98 Å². The second kappa shape index (κ2) is 4.97. The molecule has 0 N–H and O–H groups in total. The van der Waals surface area contributed by atoms with E-state index in [0.29, 0.717) is 11.5 Å². The molecule has 5 nitrogen and oxygen atoms in total. The fourth-order valence-corrected chi connectivity index (χ4v) is 1.87. The third-order valence-corrected chi connectivity index (χ3v) is 2.87. The molecule has 0 unspecified atom stereocenters. The van der Waals surface area contributed by atoms with Gasteiger partial charge >= 0.3 is 0 Å². The van der Waals surface area contributed by atoms with Crippen molar-refractivity contribution in [1.29, 1.82) is 0 Å². The molecule has 2 aromatic rings. The smallest absolute Gasteiger partial charge is 0.244 e. The maximum atomic E-state index is 5.76. The summed E-state index contributed by atoms with van der Waals surface area (Å²) < 4.78 is 7.14. The van der Waals surface area contributed by atoms with Crippen molar-refractivity contribution in [1.82, 2.24) is 19.5 Å². The number of rotatable bonds is 4. The Kier molecular flexibility index (Phi) is 3.60. The van der Waals surface area contributed by atoms with Crippen LogP contribution in [0.25, 0.3) is 11.2 Å². The van der Waals surface area contributed by atoms with Crippen LogP contribution in [0.4, 0.5) is 0 Å². The molecule has 0 atom stereocenters. The summed E-state index contributed by atoms with van der Waals surface area (Å²) in [6, 6.07) is 0. The summed E-state index contributed by atoms with van der Waals surface area (Å²) >= 11 is 9.15. The standard InChI is InChI=1S/C9H10BrClN4O/c1-16-8-6-7(13-9(11)14-8)12-5-15(6)4-2-3-10/h5H,2-4H2,1H3. The van der Waals surface area contributed by atoms with E-state index in [1.807, 2.05) is 4.57 Å². The number of halogens is 2. The molecular weight excluding hydrogens is 295 g/mol. The molecule has 2 rings (SSSR count). The van der Waals surface area contributed by atoms with Crippen molar-refractivity contribution >= 4 is 38.7 Å². The van der Waals surface area contributed by atoms with Crippen molar-refractivity contribution in [3.63, 3.8) is 0 Å². The molecule has 0 amide bonds. The summed E-state index contributed by atoms with van der Waals surface area (Å²) in [5, 5.41) is 1.08. The Balaban J connectivity index is 2.51. The number of methoxy groups -OCH3 is 1. The minimum Gasteiger partial charge on any atom is -0.479 e. The Bertz CT molecular complexity index is 501. The number of alkyl halides is 1. The number of ether oxygens (including phenoxy) is 1. The van der Waals surface area contributed by atoms with E-state index < -0.39 is 0 Å². The predicted molar refractivity (Wildman–Crippen MR) is 65.3 cm³/mol. The van der Waals surface area contributed by atoms with Crippen LogP contribution in [0.1, 0.15) is 6.42 Å². The first-order valence-corrected chi connectivity index (χ1v) is 6.24. The van der Waals surface area contributed by atoms with Gasteiger partial charge < -0.3 is 9.30 Å². The van der Waals surface area contributed by atoms with Gasteiger partial charge in [0.05, 0.1) is 13.4 Å². The highest BCUT2D eigenvalue weighted by molar-refractivity contribution is 9.09. The number of nitrogens with zero attached hydrogens (tertiary/aromatic N) is 4. The Labute approximate surface area is 106 Å². The fourth-order valence-electron chi connectivity index (χ4n) is 1.46. The minimum absolute atomic E-state index is 0.148. The van der Waals surface area contributed by atoms with E-state index >= 15 is 0 Å². The van der Waals surface area contributed by atoms with Gasteiger partial charge in [-0.3, -0.25) is 0 Å². The van der Waals surface area contributed by atoms with Crippen molar-refractivity contribution in [3.8, 4) is 5.88 Å². The molecule has 0 radical (unpaired) electrons. The summed E-state index contributed by atoms with van der Waals surface area (Å²) in [4.78, 5) is 12.2. The van der Waals surface area contributed by atoms with Crippen molar-refractivity contribution in [2.24, 2.45) is 0 Å². The van der Waals surface area contributed by atoms with Crippen molar-refractivity contribution in [2.75, 3.05) is 12.4 Å². The Morgan fingerprint density at radius 2 is 2.31 bits per heavy atom. The summed E-state index contributed by atoms with van der Waals surface area (Å²) in [5.41, 5.74) is 1.35. The highest BCUT2D eigenvalue weighted by Gasteiger charge is 2.12. The molecule has 0 aromatic carbocycles. The first kappa shape index (κ1) is 11.6.